The Morgan fingerprint density at radius 2 is 2.27 bits per heavy atom. The van der Waals surface area contributed by atoms with Crippen LogP contribution in [-0.4, -0.2) is 36.1 Å². The Labute approximate surface area is 90.9 Å². The average Bonchev–Trinajstić information content (AvgIpc) is 2.79. The van der Waals surface area contributed by atoms with Gasteiger partial charge in [0, 0.05) is 25.4 Å². The van der Waals surface area contributed by atoms with E-state index in [2.05, 4.69) is 20.6 Å². The molecule has 4 nitrogen and oxygen atoms in total. The summed E-state index contributed by atoms with van der Waals surface area (Å²) >= 11 is 0. The maximum absolute atomic E-state index is 4.20. The highest BCUT2D eigenvalue weighted by Crippen LogP contribution is 2.09. The van der Waals surface area contributed by atoms with Crippen molar-refractivity contribution in [1.29, 1.82) is 0 Å². The molecule has 84 valence electrons. The minimum Gasteiger partial charge on any atom is -0.349 e. The molecule has 1 aliphatic heterocycles. The molecule has 1 aromatic heterocycles. The summed E-state index contributed by atoms with van der Waals surface area (Å²) in [6.07, 6.45) is 7.31. The molecular formula is C11H20N4. The first kappa shape index (κ1) is 10.6. The maximum atomic E-state index is 4.20. The molecule has 0 saturated carbocycles. The Bertz CT molecular complexity index is 252. The Balaban J connectivity index is 1.54. The summed E-state index contributed by atoms with van der Waals surface area (Å²) in [5, 5.41) is 6.89. The molecule has 0 amide bonds. The van der Waals surface area contributed by atoms with Crippen molar-refractivity contribution >= 4 is 0 Å². The second kappa shape index (κ2) is 5.88. The molecule has 0 radical (unpaired) electrons. The number of H-pyrrole nitrogens is 1. The minimum absolute atomic E-state index is 0.864. The third kappa shape index (κ3) is 3.64. The largest absolute Gasteiger partial charge is 0.349 e. The van der Waals surface area contributed by atoms with Gasteiger partial charge in [-0.15, -0.1) is 0 Å². The van der Waals surface area contributed by atoms with Gasteiger partial charge in [0.2, 0.25) is 0 Å². The number of rotatable bonds is 5. The number of nitrogens with one attached hydrogen (secondary N) is 3. The van der Waals surface area contributed by atoms with Crippen LogP contribution < -0.4 is 10.6 Å². The number of piperidine rings is 1. The van der Waals surface area contributed by atoms with Gasteiger partial charge in [-0.2, -0.15) is 0 Å². The van der Waals surface area contributed by atoms with Crippen LogP contribution in [0.1, 0.15) is 18.7 Å². The highest BCUT2D eigenvalue weighted by atomic mass is 14.9. The molecule has 0 aromatic carbocycles. The van der Waals surface area contributed by atoms with Crippen LogP contribution in [0.15, 0.2) is 12.4 Å². The molecular weight excluding hydrogens is 188 g/mol. The lowest BCUT2D eigenvalue weighted by molar-refractivity contribution is 0.357. The lowest BCUT2D eigenvalue weighted by atomic mass is 9.98. The Kier molecular flexibility index (Phi) is 4.17. The number of imidazole rings is 1. The van der Waals surface area contributed by atoms with Crippen LogP contribution in [-0.2, 0) is 6.42 Å². The van der Waals surface area contributed by atoms with Crippen molar-refractivity contribution in [3.8, 4) is 0 Å². The monoisotopic (exact) mass is 208 g/mol. The number of hydrogen-bond donors (Lipinski definition) is 3. The molecule has 2 rings (SSSR count). The fraction of sp³-hybridized carbons (Fsp3) is 0.727. The highest BCUT2D eigenvalue weighted by Gasteiger charge is 2.11. The first-order valence-electron chi connectivity index (χ1n) is 5.85. The topological polar surface area (TPSA) is 52.7 Å². The molecule has 0 atom stereocenters. The predicted octanol–water partition coefficient (Wildman–Crippen LogP) is 0.541. The fourth-order valence-corrected chi connectivity index (χ4v) is 2.03. The van der Waals surface area contributed by atoms with Gasteiger partial charge >= 0.3 is 0 Å². The van der Waals surface area contributed by atoms with E-state index in [0.717, 1.165) is 31.3 Å². The van der Waals surface area contributed by atoms with E-state index in [9.17, 15) is 0 Å². The van der Waals surface area contributed by atoms with Crippen molar-refractivity contribution in [3.05, 3.63) is 18.2 Å². The second-order valence-corrected chi connectivity index (χ2v) is 4.18. The van der Waals surface area contributed by atoms with Gasteiger partial charge in [0.25, 0.3) is 0 Å². The first-order valence-corrected chi connectivity index (χ1v) is 5.85. The van der Waals surface area contributed by atoms with E-state index in [1.807, 2.05) is 12.4 Å². The standard InChI is InChI=1S/C11H20N4/c1-4-12-5-2-10(1)9-13-6-3-11-14-7-8-15-11/h7-8,10,12-13H,1-6,9H2,(H,14,15). The van der Waals surface area contributed by atoms with Gasteiger partial charge in [0.15, 0.2) is 0 Å². The third-order valence-electron chi connectivity index (χ3n) is 2.99. The Hall–Kier alpha value is -0.870. The minimum atomic E-state index is 0.864. The molecule has 1 saturated heterocycles. The lowest BCUT2D eigenvalue weighted by Gasteiger charge is -2.22. The van der Waals surface area contributed by atoms with E-state index in [1.54, 1.807) is 0 Å². The second-order valence-electron chi connectivity index (χ2n) is 4.18. The van der Waals surface area contributed by atoms with Crippen LogP contribution in [0.3, 0.4) is 0 Å². The highest BCUT2D eigenvalue weighted by molar-refractivity contribution is 4.87. The SMILES string of the molecule is c1c[nH]c(CCNCC2CCNCC2)n1. The van der Waals surface area contributed by atoms with Crippen LogP contribution in [0.5, 0.6) is 0 Å². The third-order valence-corrected chi connectivity index (χ3v) is 2.99. The molecule has 0 aliphatic carbocycles. The van der Waals surface area contributed by atoms with E-state index < -0.39 is 0 Å². The van der Waals surface area contributed by atoms with Gasteiger partial charge in [-0.05, 0) is 38.4 Å². The quantitative estimate of drug-likeness (QED) is 0.619. The summed E-state index contributed by atoms with van der Waals surface area (Å²) in [5.41, 5.74) is 0. The van der Waals surface area contributed by atoms with E-state index in [-0.39, 0.29) is 0 Å². The molecule has 0 spiro atoms. The van der Waals surface area contributed by atoms with Gasteiger partial charge in [-0.1, -0.05) is 0 Å². The first-order chi connectivity index (χ1) is 7.45. The van der Waals surface area contributed by atoms with Crippen molar-refractivity contribution < 1.29 is 0 Å². The van der Waals surface area contributed by atoms with Crippen LogP contribution in [0.25, 0.3) is 0 Å². The van der Waals surface area contributed by atoms with E-state index in [0.29, 0.717) is 0 Å². The number of hydrogen-bond acceptors (Lipinski definition) is 3. The summed E-state index contributed by atoms with van der Waals surface area (Å²) in [4.78, 5) is 7.31. The number of aromatic amines is 1. The van der Waals surface area contributed by atoms with Crippen molar-refractivity contribution in [2.24, 2.45) is 5.92 Å². The molecule has 4 heteroatoms. The molecule has 2 heterocycles. The van der Waals surface area contributed by atoms with Crippen molar-refractivity contribution in [1.82, 2.24) is 20.6 Å². The van der Waals surface area contributed by atoms with Crippen molar-refractivity contribution in [2.45, 2.75) is 19.3 Å². The molecule has 1 aliphatic rings. The van der Waals surface area contributed by atoms with E-state index in [1.165, 1.54) is 25.9 Å². The summed E-state index contributed by atoms with van der Waals surface area (Å²) in [7, 11) is 0. The zero-order chi connectivity index (χ0) is 10.3. The van der Waals surface area contributed by atoms with E-state index in [4.69, 9.17) is 0 Å². The van der Waals surface area contributed by atoms with Crippen LogP contribution in [0.2, 0.25) is 0 Å². The zero-order valence-electron chi connectivity index (χ0n) is 9.13. The number of aromatic nitrogens is 2. The summed E-state index contributed by atoms with van der Waals surface area (Å²) in [6, 6.07) is 0. The predicted molar refractivity (Wildman–Crippen MR) is 60.8 cm³/mol. The molecule has 1 aromatic rings. The van der Waals surface area contributed by atoms with Crippen LogP contribution in [0.4, 0.5) is 0 Å². The number of nitrogens with zero attached hydrogens (tertiary/aromatic N) is 1. The Morgan fingerprint density at radius 1 is 1.40 bits per heavy atom. The molecule has 3 N–H and O–H groups in total. The summed E-state index contributed by atoms with van der Waals surface area (Å²) in [6.45, 7) is 4.55. The molecule has 15 heavy (non-hydrogen) atoms. The summed E-state index contributed by atoms with van der Waals surface area (Å²) in [5.74, 6) is 1.94. The van der Waals surface area contributed by atoms with Crippen LogP contribution >= 0.6 is 0 Å². The van der Waals surface area contributed by atoms with Crippen LogP contribution in [0, 0.1) is 5.92 Å². The Morgan fingerprint density at radius 3 is 3.00 bits per heavy atom. The van der Waals surface area contributed by atoms with Crippen molar-refractivity contribution in [2.75, 3.05) is 26.2 Å². The fourth-order valence-electron chi connectivity index (χ4n) is 2.03. The molecule has 0 unspecified atom stereocenters. The van der Waals surface area contributed by atoms with Gasteiger partial charge < -0.3 is 15.6 Å². The van der Waals surface area contributed by atoms with Crippen molar-refractivity contribution in [3.63, 3.8) is 0 Å². The smallest absolute Gasteiger partial charge is 0.107 e. The summed E-state index contributed by atoms with van der Waals surface area (Å²) < 4.78 is 0. The lowest BCUT2D eigenvalue weighted by Crippen LogP contribution is -2.34. The average molecular weight is 208 g/mol. The maximum Gasteiger partial charge on any atom is 0.107 e. The van der Waals surface area contributed by atoms with Gasteiger partial charge in [0.05, 0.1) is 0 Å². The molecule has 0 bridgehead atoms. The van der Waals surface area contributed by atoms with Gasteiger partial charge in [-0.3, -0.25) is 0 Å². The van der Waals surface area contributed by atoms with Gasteiger partial charge in [0.1, 0.15) is 5.82 Å². The van der Waals surface area contributed by atoms with E-state index >= 15 is 0 Å². The normalized spacial score (nSPS) is 18.1. The molecule has 1 fully saturated rings. The van der Waals surface area contributed by atoms with Gasteiger partial charge in [-0.25, -0.2) is 4.98 Å². The zero-order valence-corrected chi connectivity index (χ0v) is 9.13.